The van der Waals surface area contributed by atoms with Crippen LogP contribution < -0.4 is 5.73 Å². The number of benzene rings is 1. The van der Waals surface area contributed by atoms with Crippen molar-refractivity contribution in [2.45, 2.75) is 25.3 Å². The van der Waals surface area contributed by atoms with Crippen molar-refractivity contribution >= 4 is 28.9 Å². The summed E-state index contributed by atoms with van der Waals surface area (Å²) in [6.07, 6.45) is 2.02. The Hall–Kier alpha value is -2.47. The number of carbonyl (C=O) groups excluding carboxylic acids is 3. The Kier molecular flexibility index (Phi) is 4.76. The molecule has 2 N–H and O–H groups in total. The molecule has 0 saturated carbocycles. The molecule has 0 aliphatic carbocycles. The van der Waals surface area contributed by atoms with Crippen LogP contribution >= 0.6 is 11.3 Å². The van der Waals surface area contributed by atoms with Gasteiger partial charge >= 0.3 is 0 Å². The summed E-state index contributed by atoms with van der Waals surface area (Å²) >= 11 is 1.21. The molecule has 0 radical (unpaired) electrons. The van der Waals surface area contributed by atoms with Crippen LogP contribution in [0.3, 0.4) is 0 Å². The first-order chi connectivity index (χ1) is 11.6. The van der Waals surface area contributed by atoms with Gasteiger partial charge in [-0.05, 0) is 18.9 Å². The maximum absolute atomic E-state index is 12.7. The van der Waals surface area contributed by atoms with Gasteiger partial charge < -0.3 is 10.6 Å². The third-order valence-electron chi connectivity index (χ3n) is 4.25. The topological polar surface area (TPSA) is 80.5 Å². The van der Waals surface area contributed by atoms with Gasteiger partial charge in [0, 0.05) is 30.0 Å². The standard InChI is InChI=1S/C18H18N2O3S/c19-17(22)13-9-16(24-11-13)18(23)20-8-4-7-14(20)10-15(21)12-5-2-1-3-6-12/h1-3,5-6,9,11,14H,4,7-8,10H2,(H2,19,22)/t14-/m0/s1. The van der Waals surface area contributed by atoms with Gasteiger partial charge in [-0.25, -0.2) is 0 Å². The van der Waals surface area contributed by atoms with Gasteiger partial charge in [0.15, 0.2) is 5.78 Å². The van der Waals surface area contributed by atoms with Gasteiger partial charge in [-0.15, -0.1) is 11.3 Å². The summed E-state index contributed by atoms with van der Waals surface area (Å²) in [7, 11) is 0. The Morgan fingerprint density at radius 3 is 2.58 bits per heavy atom. The molecule has 6 heteroatoms. The number of Topliss-reactive ketones (excluding diaryl/α,β-unsaturated/α-hetero) is 1. The number of carbonyl (C=O) groups is 3. The van der Waals surface area contributed by atoms with E-state index in [1.807, 2.05) is 18.2 Å². The summed E-state index contributed by atoms with van der Waals surface area (Å²) in [5.74, 6) is -0.623. The predicted molar refractivity (Wildman–Crippen MR) is 92.3 cm³/mol. The van der Waals surface area contributed by atoms with Gasteiger partial charge in [0.05, 0.1) is 10.4 Å². The van der Waals surface area contributed by atoms with Crippen LogP contribution in [0.25, 0.3) is 0 Å². The van der Waals surface area contributed by atoms with E-state index in [1.54, 1.807) is 22.4 Å². The predicted octanol–water partition coefficient (Wildman–Crippen LogP) is 2.72. The van der Waals surface area contributed by atoms with Crippen LogP contribution in [0.15, 0.2) is 41.8 Å². The molecule has 124 valence electrons. The SMILES string of the molecule is NC(=O)c1csc(C(=O)N2CCC[C@H]2CC(=O)c2ccccc2)c1. The smallest absolute Gasteiger partial charge is 0.264 e. The molecule has 0 spiro atoms. The highest BCUT2D eigenvalue weighted by Gasteiger charge is 2.32. The molecule has 1 aliphatic heterocycles. The van der Waals surface area contributed by atoms with Crippen molar-refractivity contribution in [3.05, 3.63) is 57.8 Å². The highest BCUT2D eigenvalue weighted by Crippen LogP contribution is 2.26. The molecule has 1 saturated heterocycles. The molecule has 1 atom stereocenters. The van der Waals surface area contributed by atoms with Gasteiger partial charge in [-0.2, -0.15) is 0 Å². The van der Waals surface area contributed by atoms with E-state index in [0.29, 0.717) is 29.0 Å². The lowest BCUT2D eigenvalue weighted by molar-refractivity contribution is 0.0721. The van der Waals surface area contributed by atoms with E-state index < -0.39 is 5.91 Å². The maximum atomic E-state index is 12.7. The molecule has 1 aromatic carbocycles. The fourth-order valence-electron chi connectivity index (χ4n) is 2.99. The number of hydrogen-bond donors (Lipinski definition) is 1. The molecule has 3 rings (SSSR count). The average Bonchev–Trinajstić information content (AvgIpc) is 3.24. The molecule has 0 unspecified atom stereocenters. The van der Waals surface area contributed by atoms with Gasteiger partial charge in [0.1, 0.15) is 0 Å². The molecule has 5 nitrogen and oxygen atoms in total. The Labute approximate surface area is 144 Å². The van der Waals surface area contributed by atoms with Crippen molar-refractivity contribution < 1.29 is 14.4 Å². The van der Waals surface area contributed by atoms with Crippen LogP contribution in [0.1, 0.15) is 49.7 Å². The quantitative estimate of drug-likeness (QED) is 0.848. The van der Waals surface area contributed by atoms with Crippen LogP contribution in [-0.4, -0.2) is 35.1 Å². The molecule has 1 aromatic heterocycles. The Bertz CT molecular complexity index is 770. The van der Waals surface area contributed by atoms with E-state index in [-0.39, 0.29) is 17.7 Å². The molecule has 2 aromatic rings. The number of nitrogens with two attached hydrogens (primary N) is 1. The van der Waals surface area contributed by atoms with E-state index in [4.69, 9.17) is 5.73 Å². The number of nitrogens with zero attached hydrogens (tertiary/aromatic N) is 1. The Morgan fingerprint density at radius 2 is 1.92 bits per heavy atom. The first kappa shape index (κ1) is 16.4. The first-order valence-corrected chi connectivity index (χ1v) is 8.72. The van der Waals surface area contributed by atoms with E-state index in [1.165, 1.54) is 17.4 Å². The molecular weight excluding hydrogens is 324 g/mol. The number of ketones is 1. The first-order valence-electron chi connectivity index (χ1n) is 7.84. The van der Waals surface area contributed by atoms with Crippen LogP contribution in [0.4, 0.5) is 0 Å². The van der Waals surface area contributed by atoms with E-state index in [0.717, 1.165) is 12.8 Å². The van der Waals surface area contributed by atoms with E-state index in [2.05, 4.69) is 0 Å². The van der Waals surface area contributed by atoms with E-state index in [9.17, 15) is 14.4 Å². The summed E-state index contributed by atoms with van der Waals surface area (Å²) in [6.45, 7) is 0.634. The van der Waals surface area contributed by atoms with E-state index >= 15 is 0 Å². The van der Waals surface area contributed by atoms with Gasteiger partial charge in [-0.3, -0.25) is 14.4 Å². The molecule has 1 aliphatic rings. The lowest BCUT2D eigenvalue weighted by Crippen LogP contribution is -2.36. The third kappa shape index (κ3) is 3.38. The minimum Gasteiger partial charge on any atom is -0.366 e. The second kappa shape index (κ2) is 6.97. The normalized spacial score (nSPS) is 17.0. The molecule has 2 heterocycles. The Balaban J connectivity index is 1.71. The fourth-order valence-corrected chi connectivity index (χ4v) is 3.84. The van der Waals surface area contributed by atoms with Crippen molar-refractivity contribution in [3.8, 4) is 0 Å². The summed E-state index contributed by atoms with van der Waals surface area (Å²) < 4.78 is 0. The van der Waals surface area contributed by atoms with Gasteiger partial charge in [0.2, 0.25) is 5.91 Å². The van der Waals surface area contributed by atoms with Crippen LogP contribution in [0.5, 0.6) is 0 Å². The van der Waals surface area contributed by atoms with Crippen molar-refractivity contribution in [2.75, 3.05) is 6.54 Å². The van der Waals surface area contributed by atoms with Gasteiger partial charge in [0.25, 0.3) is 5.91 Å². The number of rotatable bonds is 5. The summed E-state index contributed by atoms with van der Waals surface area (Å²) in [5.41, 5.74) is 6.25. The molecule has 24 heavy (non-hydrogen) atoms. The number of thiophene rings is 1. The minimum atomic E-state index is -0.539. The average molecular weight is 342 g/mol. The highest BCUT2D eigenvalue weighted by molar-refractivity contribution is 7.12. The largest absolute Gasteiger partial charge is 0.366 e. The monoisotopic (exact) mass is 342 g/mol. The maximum Gasteiger partial charge on any atom is 0.264 e. The van der Waals surface area contributed by atoms with Crippen molar-refractivity contribution in [1.29, 1.82) is 0 Å². The zero-order valence-electron chi connectivity index (χ0n) is 13.1. The zero-order valence-corrected chi connectivity index (χ0v) is 13.9. The molecule has 0 bridgehead atoms. The third-order valence-corrected chi connectivity index (χ3v) is 5.17. The molecule has 1 fully saturated rings. The minimum absolute atomic E-state index is 0.0457. The summed E-state index contributed by atoms with van der Waals surface area (Å²) in [5, 5.41) is 1.59. The number of likely N-dealkylation sites (tertiary alicyclic amines) is 1. The second-order valence-electron chi connectivity index (χ2n) is 5.85. The number of hydrogen-bond acceptors (Lipinski definition) is 4. The summed E-state index contributed by atoms with van der Waals surface area (Å²) in [6, 6.07) is 10.6. The van der Waals surface area contributed by atoms with Crippen LogP contribution in [0.2, 0.25) is 0 Å². The van der Waals surface area contributed by atoms with Gasteiger partial charge in [-0.1, -0.05) is 30.3 Å². The molecule has 2 amide bonds. The lowest BCUT2D eigenvalue weighted by Gasteiger charge is -2.23. The summed E-state index contributed by atoms with van der Waals surface area (Å²) in [4.78, 5) is 38.5. The van der Waals surface area contributed by atoms with Crippen molar-refractivity contribution in [1.82, 2.24) is 4.90 Å². The van der Waals surface area contributed by atoms with Crippen LogP contribution in [-0.2, 0) is 0 Å². The lowest BCUT2D eigenvalue weighted by atomic mass is 10.0. The second-order valence-corrected chi connectivity index (χ2v) is 6.76. The van der Waals surface area contributed by atoms with Crippen molar-refractivity contribution in [2.24, 2.45) is 5.73 Å². The van der Waals surface area contributed by atoms with Crippen molar-refractivity contribution in [3.63, 3.8) is 0 Å². The molecular formula is C18H18N2O3S. The zero-order chi connectivity index (χ0) is 17.1. The highest BCUT2D eigenvalue weighted by atomic mass is 32.1. The fraction of sp³-hybridized carbons (Fsp3) is 0.278. The number of amides is 2. The Morgan fingerprint density at radius 1 is 1.17 bits per heavy atom. The van der Waals surface area contributed by atoms with Crippen LogP contribution in [0, 0.1) is 0 Å². The number of primary amides is 1.